The number of nitrogens with zero attached hydrogens (tertiary/aromatic N) is 2. The van der Waals surface area contributed by atoms with E-state index in [4.69, 9.17) is 21.1 Å². The Morgan fingerprint density at radius 3 is 2.68 bits per heavy atom. The number of carbonyl (C=O) groups excluding carboxylic acids is 1. The van der Waals surface area contributed by atoms with Crippen molar-refractivity contribution in [2.24, 2.45) is 0 Å². The lowest BCUT2D eigenvalue weighted by atomic mass is 9.77. The molecular formula is C28H26ClN3O5. The van der Waals surface area contributed by atoms with E-state index in [-0.39, 0.29) is 16.9 Å². The fraction of sp³-hybridized carbons (Fsp3) is 0.321. The predicted molar refractivity (Wildman–Crippen MR) is 139 cm³/mol. The molecule has 8 nitrogen and oxygen atoms in total. The van der Waals surface area contributed by atoms with Crippen molar-refractivity contribution in [2.75, 3.05) is 19.0 Å². The van der Waals surface area contributed by atoms with E-state index in [9.17, 15) is 14.9 Å². The molecule has 0 unspecified atom stereocenters. The molecule has 1 spiro atoms. The number of para-hydroxylation sites is 1. The van der Waals surface area contributed by atoms with Gasteiger partial charge in [-0.1, -0.05) is 48.0 Å². The summed E-state index contributed by atoms with van der Waals surface area (Å²) in [6.45, 7) is 0.955. The maximum absolute atomic E-state index is 13.6. The van der Waals surface area contributed by atoms with Gasteiger partial charge in [-0.3, -0.25) is 19.8 Å². The monoisotopic (exact) mass is 519 g/mol. The van der Waals surface area contributed by atoms with Crippen LogP contribution in [-0.2, 0) is 16.9 Å². The van der Waals surface area contributed by atoms with Crippen molar-refractivity contribution in [3.05, 3.63) is 98.6 Å². The molecule has 0 saturated carbocycles. The van der Waals surface area contributed by atoms with Gasteiger partial charge in [0.05, 0.1) is 13.0 Å². The van der Waals surface area contributed by atoms with Gasteiger partial charge in [0, 0.05) is 33.8 Å². The first-order valence-electron chi connectivity index (χ1n) is 12.3. The summed E-state index contributed by atoms with van der Waals surface area (Å²) in [6, 6.07) is 18.9. The van der Waals surface area contributed by atoms with Crippen LogP contribution in [0.15, 0.2) is 66.7 Å². The Kier molecular flexibility index (Phi) is 5.81. The summed E-state index contributed by atoms with van der Waals surface area (Å²) in [5, 5.41) is 16.4. The molecule has 0 aliphatic carbocycles. The van der Waals surface area contributed by atoms with Gasteiger partial charge in [0.1, 0.15) is 6.61 Å². The number of rotatable bonds is 6. The molecule has 0 radical (unpaired) electrons. The van der Waals surface area contributed by atoms with Crippen molar-refractivity contribution in [3.8, 4) is 11.5 Å². The van der Waals surface area contributed by atoms with Gasteiger partial charge in [0.25, 0.3) is 11.9 Å². The largest absolute Gasteiger partial charge is 0.493 e. The standard InChI is InChI=1S/C28H26ClN3O5/c1-36-24-15-18(10-13-23(24)37-16-17-8-11-19(29)12-9-17)25-22-7-4-14-31(22)28(26(25)32(34)35)20-5-2-3-6-21(20)30-27(28)33/h2-3,5-6,8-13,15,22,25-26H,4,7,14,16H2,1H3,(H,30,33)/t22-,25+,26+,28-/m0/s1. The zero-order valence-corrected chi connectivity index (χ0v) is 21.0. The summed E-state index contributed by atoms with van der Waals surface area (Å²) in [7, 11) is 1.55. The average molecular weight is 520 g/mol. The summed E-state index contributed by atoms with van der Waals surface area (Å²) in [6.07, 6.45) is 1.66. The molecule has 3 aromatic rings. The van der Waals surface area contributed by atoms with Crippen LogP contribution >= 0.6 is 11.6 Å². The van der Waals surface area contributed by atoms with Gasteiger partial charge in [-0.05, 0) is 54.3 Å². The average Bonchev–Trinajstić information content (AvgIpc) is 3.56. The zero-order valence-electron chi connectivity index (χ0n) is 20.2. The minimum atomic E-state index is -1.34. The molecule has 1 amide bonds. The molecule has 190 valence electrons. The first-order chi connectivity index (χ1) is 17.9. The minimum Gasteiger partial charge on any atom is -0.493 e. The smallest absolute Gasteiger partial charge is 0.256 e. The first-order valence-corrected chi connectivity index (χ1v) is 12.7. The van der Waals surface area contributed by atoms with Crippen LogP contribution < -0.4 is 14.8 Å². The van der Waals surface area contributed by atoms with Crippen LogP contribution in [0, 0.1) is 10.1 Å². The van der Waals surface area contributed by atoms with Crippen molar-refractivity contribution in [3.63, 3.8) is 0 Å². The van der Waals surface area contributed by atoms with E-state index in [0.717, 1.165) is 24.0 Å². The number of anilines is 1. The molecule has 6 rings (SSSR count). The Hall–Kier alpha value is -3.62. The number of halogens is 1. The van der Waals surface area contributed by atoms with Gasteiger partial charge in [0.2, 0.25) is 0 Å². The number of benzene rings is 3. The third kappa shape index (κ3) is 3.58. The maximum atomic E-state index is 13.6. The lowest BCUT2D eigenvalue weighted by Gasteiger charge is -2.32. The molecule has 2 saturated heterocycles. The van der Waals surface area contributed by atoms with E-state index in [2.05, 4.69) is 10.2 Å². The van der Waals surface area contributed by atoms with Gasteiger partial charge >= 0.3 is 0 Å². The molecule has 3 heterocycles. The SMILES string of the molecule is COc1cc([C@@H]2[C@@H]3CCCN3[C@]3(C(=O)Nc4ccccc43)[C@@H]2[N+](=O)[O-])ccc1OCc1ccc(Cl)cc1. The highest BCUT2D eigenvalue weighted by atomic mass is 35.5. The highest BCUT2D eigenvalue weighted by molar-refractivity contribution is 6.30. The van der Waals surface area contributed by atoms with Crippen molar-refractivity contribution >= 4 is 23.2 Å². The van der Waals surface area contributed by atoms with Crippen LogP contribution in [0.1, 0.15) is 35.4 Å². The molecule has 0 bridgehead atoms. The number of ether oxygens (including phenoxy) is 2. The minimum absolute atomic E-state index is 0.141. The number of methoxy groups -OCH3 is 1. The summed E-state index contributed by atoms with van der Waals surface area (Å²) >= 11 is 5.97. The molecule has 3 aromatic carbocycles. The van der Waals surface area contributed by atoms with Crippen molar-refractivity contribution in [1.82, 2.24) is 4.90 Å². The fourth-order valence-corrected chi connectivity index (χ4v) is 6.65. The van der Waals surface area contributed by atoms with Gasteiger partial charge in [-0.15, -0.1) is 0 Å². The number of amides is 1. The van der Waals surface area contributed by atoms with Crippen LogP contribution in [0.25, 0.3) is 0 Å². The molecule has 3 aliphatic heterocycles. The van der Waals surface area contributed by atoms with Crippen LogP contribution in [0.2, 0.25) is 5.02 Å². The number of nitrogens with one attached hydrogen (secondary N) is 1. The third-order valence-electron chi connectivity index (χ3n) is 7.97. The highest BCUT2D eigenvalue weighted by Gasteiger charge is 2.73. The van der Waals surface area contributed by atoms with Gasteiger partial charge < -0.3 is 14.8 Å². The van der Waals surface area contributed by atoms with Crippen LogP contribution in [0.3, 0.4) is 0 Å². The van der Waals surface area contributed by atoms with Gasteiger partial charge in [-0.25, -0.2) is 0 Å². The Labute approximate surface area is 219 Å². The lowest BCUT2D eigenvalue weighted by molar-refractivity contribution is -0.534. The molecule has 4 atom stereocenters. The van der Waals surface area contributed by atoms with Gasteiger partial charge in [-0.2, -0.15) is 0 Å². The molecule has 9 heteroatoms. The number of carbonyl (C=O) groups is 1. The molecule has 1 N–H and O–H groups in total. The topological polar surface area (TPSA) is 93.9 Å². The lowest BCUT2D eigenvalue weighted by Crippen LogP contribution is -2.55. The van der Waals surface area contributed by atoms with E-state index in [0.29, 0.717) is 40.9 Å². The van der Waals surface area contributed by atoms with E-state index in [1.54, 1.807) is 25.3 Å². The predicted octanol–water partition coefficient (Wildman–Crippen LogP) is 4.98. The van der Waals surface area contributed by atoms with Crippen LogP contribution in [0.5, 0.6) is 11.5 Å². The summed E-state index contributed by atoms with van der Waals surface area (Å²) in [5.74, 6) is 0.224. The van der Waals surface area contributed by atoms with E-state index in [1.807, 2.05) is 48.5 Å². The van der Waals surface area contributed by atoms with E-state index < -0.39 is 17.5 Å². The second-order valence-electron chi connectivity index (χ2n) is 9.75. The summed E-state index contributed by atoms with van der Waals surface area (Å²) < 4.78 is 11.7. The number of fused-ring (bicyclic) bond motifs is 4. The highest BCUT2D eigenvalue weighted by Crippen LogP contribution is 2.58. The molecule has 2 fully saturated rings. The van der Waals surface area contributed by atoms with E-state index >= 15 is 0 Å². The quantitative estimate of drug-likeness (QED) is 0.364. The van der Waals surface area contributed by atoms with Crippen LogP contribution in [-0.4, -0.2) is 41.5 Å². The van der Waals surface area contributed by atoms with Crippen molar-refractivity contribution in [1.29, 1.82) is 0 Å². The van der Waals surface area contributed by atoms with Crippen LogP contribution in [0.4, 0.5) is 5.69 Å². The zero-order chi connectivity index (χ0) is 25.7. The fourth-order valence-electron chi connectivity index (χ4n) is 6.53. The molecule has 37 heavy (non-hydrogen) atoms. The number of nitro groups is 1. The second kappa shape index (κ2) is 9.04. The summed E-state index contributed by atoms with van der Waals surface area (Å²) in [5.41, 5.74) is 1.71. The summed E-state index contributed by atoms with van der Waals surface area (Å²) in [4.78, 5) is 28.2. The Morgan fingerprint density at radius 1 is 1.14 bits per heavy atom. The van der Waals surface area contributed by atoms with Crippen molar-refractivity contribution in [2.45, 2.75) is 43.0 Å². The molecule has 0 aromatic heterocycles. The first kappa shape index (κ1) is 23.8. The normalized spacial score (nSPS) is 26.1. The Morgan fingerprint density at radius 2 is 1.92 bits per heavy atom. The maximum Gasteiger partial charge on any atom is 0.256 e. The second-order valence-corrected chi connectivity index (χ2v) is 10.2. The molecule has 3 aliphatic rings. The Balaban J connectivity index is 1.39. The Bertz CT molecular complexity index is 1380. The number of hydrogen-bond acceptors (Lipinski definition) is 6. The number of hydrogen-bond donors (Lipinski definition) is 1. The van der Waals surface area contributed by atoms with E-state index in [1.165, 1.54) is 0 Å². The van der Waals surface area contributed by atoms with Gasteiger partial charge in [0.15, 0.2) is 17.0 Å². The molecular weight excluding hydrogens is 494 g/mol. The third-order valence-corrected chi connectivity index (χ3v) is 8.23. The van der Waals surface area contributed by atoms with Crippen molar-refractivity contribution < 1.29 is 19.2 Å².